The zero-order valence-electron chi connectivity index (χ0n) is 9.03. The number of aryl methyl sites for hydroxylation is 2. The van der Waals surface area contributed by atoms with E-state index >= 15 is 0 Å². The molecule has 0 spiro atoms. The summed E-state index contributed by atoms with van der Waals surface area (Å²) >= 11 is 1.77. The quantitative estimate of drug-likeness (QED) is 0.862. The van der Waals surface area contributed by atoms with E-state index in [1.54, 1.807) is 11.3 Å². The van der Waals surface area contributed by atoms with Crippen LogP contribution in [-0.4, -0.2) is 9.78 Å². The Morgan fingerprint density at radius 1 is 1.47 bits per heavy atom. The second-order valence-electron chi connectivity index (χ2n) is 3.71. The molecule has 0 unspecified atom stereocenters. The average molecular weight is 221 g/mol. The largest absolute Gasteiger partial charge is 0.326 e. The lowest BCUT2D eigenvalue weighted by Gasteiger charge is -1.99. The van der Waals surface area contributed by atoms with Gasteiger partial charge < -0.3 is 5.73 Å². The van der Waals surface area contributed by atoms with Crippen molar-refractivity contribution in [3.63, 3.8) is 0 Å². The zero-order valence-corrected chi connectivity index (χ0v) is 9.84. The molecule has 4 heteroatoms. The van der Waals surface area contributed by atoms with Crippen LogP contribution in [0.4, 0.5) is 0 Å². The minimum atomic E-state index is 0.629. The van der Waals surface area contributed by atoms with Gasteiger partial charge in [-0.15, -0.1) is 11.3 Å². The molecule has 0 saturated carbocycles. The van der Waals surface area contributed by atoms with Crippen molar-refractivity contribution in [3.05, 3.63) is 39.3 Å². The third kappa shape index (κ3) is 2.27. The van der Waals surface area contributed by atoms with Gasteiger partial charge in [0.25, 0.3) is 0 Å². The van der Waals surface area contributed by atoms with Crippen LogP contribution in [0.3, 0.4) is 0 Å². The average Bonchev–Trinajstić information content (AvgIpc) is 2.75. The molecule has 15 heavy (non-hydrogen) atoms. The van der Waals surface area contributed by atoms with E-state index in [0.29, 0.717) is 6.54 Å². The number of nitrogens with two attached hydrogens (primary N) is 1. The molecule has 0 aliphatic heterocycles. The van der Waals surface area contributed by atoms with Gasteiger partial charge in [0.15, 0.2) is 0 Å². The van der Waals surface area contributed by atoms with Gasteiger partial charge in [-0.2, -0.15) is 5.10 Å². The molecule has 0 aliphatic rings. The first-order valence-corrected chi connectivity index (χ1v) is 5.78. The summed E-state index contributed by atoms with van der Waals surface area (Å²) in [5.74, 6) is 0. The molecule has 0 fully saturated rings. The van der Waals surface area contributed by atoms with Gasteiger partial charge in [0.05, 0.1) is 12.7 Å². The highest BCUT2D eigenvalue weighted by Crippen LogP contribution is 2.21. The number of rotatable bonds is 3. The molecule has 2 aromatic rings. The van der Waals surface area contributed by atoms with Crippen molar-refractivity contribution in [2.45, 2.75) is 26.9 Å². The van der Waals surface area contributed by atoms with Crippen LogP contribution in [0.2, 0.25) is 0 Å². The van der Waals surface area contributed by atoms with Crippen molar-refractivity contribution in [3.8, 4) is 0 Å². The lowest BCUT2D eigenvalue weighted by molar-refractivity contribution is 0.685. The Hall–Kier alpha value is -1.13. The minimum Gasteiger partial charge on any atom is -0.326 e. The van der Waals surface area contributed by atoms with Gasteiger partial charge in [0.2, 0.25) is 0 Å². The van der Waals surface area contributed by atoms with Gasteiger partial charge in [-0.05, 0) is 31.0 Å². The van der Waals surface area contributed by atoms with Crippen LogP contribution in [0.15, 0.2) is 18.5 Å². The molecule has 2 N–H and O–H groups in total. The molecule has 0 aliphatic carbocycles. The Labute approximate surface area is 93.5 Å². The van der Waals surface area contributed by atoms with Crippen LogP contribution in [0.5, 0.6) is 0 Å². The summed E-state index contributed by atoms with van der Waals surface area (Å²) in [7, 11) is 0. The molecule has 0 saturated heterocycles. The first-order valence-electron chi connectivity index (χ1n) is 4.96. The van der Waals surface area contributed by atoms with Gasteiger partial charge in [-0.3, -0.25) is 4.68 Å². The smallest absolute Gasteiger partial charge is 0.0670 e. The summed E-state index contributed by atoms with van der Waals surface area (Å²) in [5.41, 5.74) is 8.14. The van der Waals surface area contributed by atoms with E-state index in [2.05, 4.69) is 31.2 Å². The number of thiophene rings is 1. The Morgan fingerprint density at radius 3 is 2.80 bits per heavy atom. The van der Waals surface area contributed by atoms with E-state index in [-0.39, 0.29) is 0 Å². The van der Waals surface area contributed by atoms with Crippen LogP contribution in [0, 0.1) is 13.8 Å². The highest BCUT2D eigenvalue weighted by atomic mass is 32.1. The molecule has 3 nitrogen and oxygen atoms in total. The zero-order chi connectivity index (χ0) is 10.8. The third-order valence-electron chi connectivity index (χ3n) is 2.37. The maximum Gasteiger partial charge on any atom is 0.0670 e. The topological polar surface area (TPSA) is 43.8 Å². The fraction of sp³-hybridized carbons (Fsp3) is 0.364. The van der Waals surface area contributed by atoms with Crippen LogP contribution in [0.25, 0.3) is 0 Å². The van der Waals surface area contributed by atoms with Crippen molar-refractivity contribution in [1.82, 2.24) is 9.78 Å². The maximum absolute atomic E-state index is 5.62. The molecule has 80 valence electrons. The van der Waals surface area contributed by atoms with E-state index in [1.807, 2.05) is 10.9 Å². The van der Waals surface area contributed by atoms with Gasteiger partial charge in [0.1, 0.15) is 0 Å². The molecule has 2 aromatic heterocycles. The fourth-order valence-corrected chi connectivity index (χ4v) is 2.51. The summed E-state index contributed by atoms with van der Waals surface area (Å²) in [6.45, 7) is 5.66. The molecule has 0 radical (unpaired) electrons. The van der Waals surface area contributed by atoms with Gasteiger partial charge in [-0.25, -0.2) is 0 Å². The highest BCUT2D eigenvalue weighted by Gasteiger charge is 2.05. The van der Waals surface area contributed by atoms with E-state index in [4.69, 9.17) is 5.73 Å². The first kappa shape index (κ1) is 10.4. The number of hydrogen-bond acceptors (Lipinski definition) is 3. The number of hydrogen-bond donors (Lipinski definition) is 1. The molecular formula is C11H15N3S. The van der Waals surface area contributed by atoms with Crippen LogP contribution >= 0.6 is 11.3 Å². The van der Waals surface area contributed by atoms with Crippen molar-refractivity contribution < 1.29 is 0 Å². The number of aromatic nitrogens is 2. The Morgan fingerprint density at radius 2 is 2.27 bits per heavy atom. The van der Waals surface area contributed by atoms with Crippen LogP contribution < -0.4 is 5.73 Å². The third-order valence-corrected chi connectivity index (χ3v) is 3.48. The second kappa shape index (κ2) is 4.16. The fourth-order valence-electron chi connectivity index (χ4n) is 1.57. The van der Waals surface area contributed by atoms with Crippen molar-refractivity contribution in [2.24, 2.45) is 5.73 Å². The predicted molar refractivity (Wildman–Crippen MR) is 63.0 cm³/mol. The summed E-state index contributed by atoms with van der Waals surface area (Å²) in [4.78, 5) is 2.58. The normalized spacial score (nSPS) is 10.9. The van der Waals surface area contributed by atoms with Gasteiger partial charge >= 0.3 is 0 Å². The Balaban J connectivity index is 2.20. The SMILES string of the molecule is Cc1cnn(Cc2cc(CN)sc2C)c1. The standard InChI is InChI=1S/C11H15N3S/c1-8-5-13-14(6-8)7-10-3-11(4-12)15-9(10)2/h3,5-6H,4,7,12H2,1-2H3. The first-order chi connectivity index (χ1) is 7.19. The summed E-state index contributed by atoms with van der Waals surface area (Å²) in [6.07, 6.45) is 3.94. The second-order valence-corrected chi connectivity index (χ2v) is 5.05. The molecule has 0 atom stereocenters. The van der Waals surface area contributed by atoms with Crippen molar-refractivity contribution in [2.75, 3.05) is 0 Å². The predicted octanol–water partition coefficient (Wildman–Crippen LogP) is 2.07. The van der Waals surface area contributed by atoms with Crippen LogP contribution in [0.1, 0.15) is 20.9 Å². The van der Waals surface area contributed by atoms with Crippen molar-refractivity contribution >= 4 is 11.3 Å². The lowest BCUT2D eigenvalue weighted by atomic mass is 10.2. The molecular weight excluding hydrogens is 206 g/mol. The minimum absolute atomic E-state index is 0.629. The monoisotopic (exact) mass is 221 g/mol. The summed E-state index contributed by atoms with van der Waals surface area (Å²) in [5, 5.41) is 4.28. The van der Waals surface area contributed by atoms with Crippen LogP contribution in [-0.2, 0) is 13.1 Å². The Kier molecular flexibility index (Phi) is 2.88. The van der Waals surface area contributed by atoms with E-state index < -0.39 is 0 Å². The van der Waals surface area contributed by atoms with Crippen molar-refractivity contribution in [1.29, 1.82) is 0 Å². The molecule has 0 amide bonds. The number of nitrogens with zero attached hydrogens (tertiary/aromatic N) is 2. The molecule has 2 rings (SSSR count). The summed E-state index contributed by atoms with van der Waals surface area (Å²) < 4.78 is 1.96. The van der Waals surface area contributed by atoms with E-state index in [1.165, 1.54) is 20.9 Å². The van der Waals surface area contributed by atoms with E-state index in [0.717, 1.165) is 6.54 Å². The molecule has 0 bridgehead atoms. The molecule has 2 heterocycles. The highest BCUT2D eigenvalue weighted by molar-refractivity contribution is 7.12. The van der Waals surface area contributed by atoms with Gasteiger partial charge in [-0.1, -0.05) is 0 Å². The lowest BCUT2D eigenvalue weighted by Crippen LogP contribution is -1.99. The Bertz CT molecular complexity index is 456. The summed E-state index contributed by atoms with van der Waals surface area (Å²) in [6, 6.07) is 2.18. The maximum atomic E-state index is 5.62. The van der Waals surface area contributed by atoms with Gasteiger partial charge in [0, 0.05) is 22.5 Å². The molecule has 0 aromatic carbocycles. The van der Waals surface area contributed by atoms with E-state index in [9.17, 15) is 0 Å².